The average molecular weight is 220 g/mol. The van der Waals surface area contributed by atoms with Gasteiger partial charge in [0.1, 0.15) is 5.75 Å². The van der Waals surface area contributed by atoms with E-state index < -0.39 is 0 Å². The summed E-state index contributed by atoms with van der Waals surface area (Å²) >= 11 is 0. The molecule has 1 aromatic rings. The molecule has 2 nitrogen and oxygen atoms in total. The SMILES string of the molecule is COc1ccc(/C=C/CC(C)(C)CO)cc1. The molecule has 0 bridgehead atoms. The van der Waals surface area contributed by atoms with Gasteiger partial charge in [-0.25, -0.2) is 0 Å². The molecule has 0 aliphatic rings. The second-order valence-corrected chi connectivity index (χ2v) is 4.70. The van der Waals surface area contributed by atoms with Gasteiger partial charge in [0.25, 0.3) is 0 Å². The van der Waals surface area contributed by atoms with E-state index in [1.54, 1.807) is 7.11 Å². The minimum Gasteiger partial charge on any atom is -0.497 e. The Balaban J connectivity index is 2.56. The molecule has 0 aromatic heterocycles. The number of hydrogen-bond acceptors (Lipinski definition) is 2. The van der Waals surface area contributed by atoms with Gasteiger partial charge in [-0.1, -0.05) is 38.1 Å². The smallest absolute Gasteiger partial charge is 0.118 e. The molecule has 0 spiro atoms. The van der Waals surface area contributed by atoms with Gasteiger partial charge in [-0.05, 0) is 29.5 Å². The number of benzene rings is 1. The van der Waals surface area contributed by atoms with Gasteiger partial charge in [0.05, 0.1) is 7.11 Å². The van der Waals surface area contributed by atoms with E-state index in [1.165, 1.54) is 0 Å². The maximum Gasteiger partial charge on any atom is 0.118 e. The summed E-state index contributed by atoms with van der Waals surface area (Å²) < 4.78 is 5.09. The van der Waals surface area contributed by atoms with Gasteiger partial charge in [-0.15, -0.1) is 0 Å². The van der Waals surface area contributed by atoms with Crippen molar-refractivity contribution in [2.75, 3.05) is 13.7 Å². The zero-order valence-electron chi connectivity index (χ0n) is 10.2. The minimum atomic E-state index is -0.0387. The largest absolute Gasteiger partial charge is 0.497 e. The molecule has 0 fully saturated rings. The van der Waals surface area contributed by atoms with Crippen molar-refractivity contribution in [3.8, 4) is 5.75 Å². The maximum absolute atomic E-state index is 9.11. The third-order valence-corrected chi connectivity index (χ3v) is 2.52. The summed E-state index contributed by atoms with van der Waals surface area (Å²) in [5, 5.41) is 9.11. The van der Waals surface area contributed by atoms with Crippen LogP contribution in [-0.2, 0) is 0 Å². The van der Waals surface area contributed by atoms with Gasteiger partial charge < -0.3 is 9.84 Å². The fourth-order valence-corrected chi connectivity index (χ4v) is 1.29. The minimum absolute atomic E-state index is 0.0387. The van der Waals surface area contributed by atoms with Crippen LogP contribution in [0.25, 0.3) is 6.08 Å². The van der Waals surface area contributed by atoms with E-state index >= 15 is 0 Å². The van der Waals surface area contributed by atoms with Crippen LogP contribution in [0.5, 0.6) is 5.75 Å². The van der Waals surface area contributed by atoms with Crippen LogP contribution in [0.3, 0.4) is 0 Å². The highest BCUT2D eigenvalue weighted by atomic mass is 16.5. The third-order valence-electron chi connectivity index (χ3n) is 2.52. The zero-order chi connectivity index (χ0) is 12.0. The molecule has 0 atom stereocenters. The van der Waals surface area contributed by atoms with Crippen molar-refractivity contribution in [2.45, 2.75) is 20.3 Å². The van der Waals surface area contributed by atoms with E-state index in [0.29, 0.717) is 0 Å². The fourth-order valence-electron chi connectivity index (χ4n) is 1.29. The molecule has 0 amide bonds. The lowest BCUT2D eigenvalue weighted by molar-refractivity contribution is 0.162. The number of aliphatic hydroxyl groups is 1. The molecule has 0 saturated heterocycles. The molecule has 0 saturated carbocycles. The number of methoxy groups -OCH3 is 1. The van der Waals surface area contributed by atoms with E-state index in [2.05, 4.69) is 12.2 Å². The summed E-state index contributed by atoms with van der Waals surface area (Å²) in [5.41, 5.74) is 1.11. The van der Waals surface area contributed by atoms with Crippen LogP contribution >= 0.6 is 0 Å². The van der Waals surface area contributed by atoms with E-state index in [4.69, 9.17) is 9.84 Å². The molecule has 0 radical (unpaired) electrons. The van der Waals surface area contributed by atoms with E-state index in [9.17, 15) is 0 Å². The average Bonchev–Trinajstić information content (AvgIpc) is 2.30. The zero-order valence-corrected chi connectivity index (χ0v) is 10.2. The Hall–Kier alpha value is -1.28. The van der Waals surface area contributed by atoms with Crippen LogP contribution in [0.1, 0.15) is 25.8 Å². The molecule has 1 rings (SSSR count). The Morgan fingerprint density at radius 1 is 1.25 bits per heavy atom. The summed E-state index contributed by atoms with van der Waals surface area (Å²) in [7, 11) is 1.66. The van der Waals surface area contributed by atoms with Crippen LogP contribution in [0.2, 0.25) is 0 Å². The molecular weight excluding hydrogens is 200 g/mol. The molecule has 1 N–H and O–H groups in total. The molecule has 0 unspecified atom stereocenters. The van der Waals surface area contributed by atoms with Crippen molar-refractivity contribution in [3.63, 3.8) is 0 Å². The van der Waals surface area contributed by atoms with Gasteiger partial charge in [0.2, 0.25) is 0 Å². The van der Waals surface area contributed by atoms with Crippen molar-refractivity contribution in [1.82, 2.24) is 0 Å². The monoisotopic (exact) mass is 220 g/mol. The summed E-state index contributed by atoms with van der Waals surface area (Å²) in [6, 6.07) is 7.91. The Bertz CT molecular complexity index is 336. The Labute approximate surface area is 97.6 Å². The second-order valence-electron chi connectivity index (χ2n) is 4.70. The predicted octanol–water partition coefficient (Wildman–Crippen LogP) is 3.12. The van der Waals surface area contributed by atoms with Gasteiger partial charge >= 0.3 is 0 Å². The summed E-state index contributed by atoms with van der Waals surface area (Å²) in [5.74, 6) is 0.868. The summed E-state index contributed by atoms with van der Waals surface area (Å²) in [6.07, 6.45) is 5.03. The topological polar surface area (TPSA) is 29.5 Å². The predicted molar refractivity (Wildman–Crippen MR) is 67.5 cm³/mol. The molecule has 0 heterocycles. The number of rotatable bonds is 5. The van der Waals surface area contributed by atoms with Crippen molar-refractivity contribution in [1.29, 1.82) is 0 Å². The lowest BCUT2D eigenvalue weighted by Gasteiger charge is -2.18. The number of hydrogen-bond donors (Lipinski definition) is 1. The van der Waals surface area contributed by atoms with E-state index in [0.717, 1.165) is 17.7 Å². The van der Waals surface area contributed by atoms with Crippen molar-refractivity contribution in [3.05, 3.63) is 35.9 Å². The van der Waals surface area contributed by atoms with Gasteiger partial charge in [0, 0.05) is 6.61 Å². The molecule has 1 aromatic carbocycles. The first-order chi connectivity index (χ1) is 7.57. The Kier molecular flexibility index (Phi) is 4.56. The highest BCUT2D eigenvalue weighted by Crippen LogP contribution is 2.20. The van der Waals surface area contributed by atoms with Gasteiger partial charge in [0.15, 0.2) is 0 Å². The maximum atomic E-state index is 9.11. The first kappa shape index (κ1) is 12.8. The second kappa shape index (κ2) is 5.71. The van der Waals surface area contributed by atoms with Crippen molar-refractivity contribution < 1.29 is 9.84 Å². The molecular formula is C14H20O2. The first-order valence-electron chi connectivity index (χ1n) is 5.49. The van der Waals surface area contributed by atoms with Gasteiger partial charge in [-0.3, -0.25) is 0 Å². The highest BCUT2D eigenvalue weighted by molar-refractivity contribution is 5.50. The Morgan fingerprint density at radius 3 is 2.38 bits per heavy atom. The van der Waals surface area contributed by atoms with Crippen LogP contribution in [0, 0.1) is 5.41 Å². The van der Waals surface area contributed by atoms with Crippen LogP contribution in [-0.4, -0.2) is 18.8 Å². The highest BCUT2D eigenvalue weighted by Gasteiger charge is 2.13. The van der Waals surface area contributed by atoms with Gasteiger partial charge in [-0.2, -0.15) is 0 Å². The quantitative estimate of drug-likeness (QED) is 0.826. The normalized spacial score (nSPS) is 12.0. The molecule has 0 aliphatic heterocycles. The van der Waals surface area contributed by atoms with E-state index in [1.807, 2.05) is 38.1 Å². The number of allylic oxidation sites excluding steroid dienone is 1. The first-order valence-corrected chi connectivity index (χ1v) is 5.49. The Morgan fingerprint density at radius 2 is 1.88 bits per heavy atom. The fraction of sp³-hybridized carbons (Fsp3) is 0.429. The van der Waals surface area contributed by atoms with Crippen molar-refractivity contribution >= 4 is 6.08 Å². The lowest BCUT2D eigenvalue weighted by atomic mass is 9.90. The lowest BCUT2D eigenvalue weighted by Crippen LogP contribution is -2.14. The van der Waals surface area contributed by atoms with Crippen LogP contribution in [0.4, 0.5) is 0 Å². The molecule has 88 valence electrons. The van der Waals surface area contributed by atoms with Crippen molar-refractivity contribution in [2.24, 2.45) is 5.41 Å². The van der Waals surface area contributed by atoms with Crippen LogP contribution in [0.15, 0.2) is 30.3 Å². The molecule has 2 heteroatoms. The number of aliphatic hydroxyl groups excluding tert-OH is 1. The van der Waals surface area contributed by atoms with Crippen LogP contribution < -0.4 is 4.74 Å². The molecule has 0 aliphatic carbocycles. The third kappa shape index (κ3) is 4.07. The standard InChI is InChI=1S/C14H20O2/c1-14(2,11-15)10-4-5-12-6-8-13(16-3)9-7-12/h4-9,15H,10-11H2,1-3H3/b5-4+. The summed E-state index contributed by atoms with van der Waals surface area (Å²) in [4.78, 5) is 0. The summed E-state index contributed by atoms with van der Waals surface area (Å²) in [6.45, 7) is 4.30. The number of ether oxygens (including phenoxy) is 1. The van der Waals surface area contributed by atoms with E-state index in [-0.39, 0.29) is 12.0 Å². The molecule has 16 heavy (non-hydrogen) atoms.